The minimum absolute atomic E-state index is 0.283. The van der Waals surface area contributed by atoms with Crippen LogP contribution in [-0.2, 0) is 25.4 Å². The number of hydrogen-bond donors (Lipinski definition) is 0. The fourth-order valence-corrected chi connectivity index (χ4v) is 3.56. The van der Waals surface area contributed by atoms with Crippen molar-refractivity contribution in [2.24, 2.45) is 14.1 Å². The zero-order valence-electron chi connectivity index (χ0n) is 14.5. The number of nitrogens with zero attached hydrogens (tertiary/aromatic N) is 3. The average Bonchev–Trinajstić information content (AvgIpc) is 2.98. The number of aromatic nitrogens is 3. The summed E-state index contributed by atoms with van der Waals surface area (Å²) in [6.07, 6.45) is 2.69. The molecule has 0 aliphatic carbocycles. The van der Waals surface area contributed by atoms with Crippen LogP contribution in [0.3, 0.4) is 0 Å². The molecule has 2 aromatic heterocycles. The normalized spacial score (nSPS) is 11.4. The Balaban J connectivity index is 2.38. The zero-order valence-corrected chi connectivity index (χ0v) is 16.0. The van der Waals surface area contributed by atoms with Crippen molar-refractivity contribution in [3.8, 4) is 11.3 Å². The summed E-state index contributed by atoms with van der Waals surface area (Å²) in [5.41, 5.74) is 1.76. The van der Waals surface area contributed by atoms with E-state index in [0.29, 0.717) is 24.1 Å². The molecule has 3 aromatic rings. The number of aryl methyl sites for hydroxylation is 2. The van der Waals surface area contributed by atoms with E-state index in [4.69, 9.17) is 4.74 Å². The summed E-state index contributed by atoms with van der Waals surface area (Å²) in [6, 6.07) is 7.78. The first-order valence-corrected chi connectivity index (χ1v) is 8.79. The van der Waals surface area contributed by atoms with Gasteiger partial charge in [0.2, 0.25) is 0 Å². The lowest BCUT2D eigenvalue weighted by Crippen LogP contribution is -2.36. The van der Waals surface area contributed by atoms with Gasteiger partial charge in [0.15, 0.2) is 0 Å². The van der Waals surface area contributed by atoms with Crippen molar-refractivity contribution in [3.63, 3.8) is 0 Å². The van der Waals surface area contributed by atoms with Crippen LogP contribution in [0, 0.1) is 0 Å². The molecule has 0 saturated carbocycles. The summed E-state index contributed by atoms with van der Waals surface area (Å²) < 4.78 is 10.8. The summed E-state index contributed by atoms with van der Waals surface area (Å²) >= 11 is 3.58. The Morgan fingerprint density at radius 2 is 1.84 bits per heavy atom. The van der Waals surface area contributed by atoms with Gasteiger partial charge in [-0.1, -0.05) is 34.1 Å². The van der Waals surface area contributed by atoms with E-state index in [1.165, 1.54) is 11.6 Å². The smallest absolute Gasteiger partial charge is 0.330 e. The van der Waals surface area contributed by atoms with Crippen LogP contribution in [0.4, 0.5) is 0 Å². The molecule has 7 heteroatoms. The molecule has 132 valence electrons. The highest BCUT2D eigenvalue weighted by atomic mass is 79.9. The van der Waals surface area contributed by atoms with Crippen LogP contribution in [0.5, 0.6) is 0 Å². The first-order chi connectivity index (χ1) is 12.0. The molecule has 0 aliphatic rings. The fraction of sp³-hybridized carbons (Fsp3) is 0.333. The number of benzene rings is 1. The summed E-state index contributed by atoms with van der Waals surface area (Å²) in [5, 5.41) is 0.550. The van der Waals surface area contributed by atoms with Crippen LogP contribution in [-0.4, -0.2) is 27.4 Å². The van der Waals surface area contributed by atoms with Gasteiger partial charge < -0.3 is 9.30 Å². The van der Waals surface area contributed by atoms with Crippen molar-refractivity contribution in [1.29, 1.82) is 0 Å². The predicted octanol–water partition coefficient (Wildman–Crippen LogP) is 2.50. The molecule has 0 unspecified atom stereocenters. The first kappa shape index (κ1) is 17.7. The molecule has 6 nitrogen and oxygen atoms in total. The maximum absolute atomic E-state index is 12.8. The second-order valence-electron chi connectivity index (χ2n) is 5.96. The Morgan fingerprint density at radius 3 is 2.52 bits per heavy atom. The van der Waals surface area contributed by atoms with Gasteiger partial charge in [0, 0.05) is 50.6 Å². The number of ether oxygens (including phenoxy) is 1. The zero-order chi connectivity index (χ0) is 18.1. The van der Waals surface area contributed by atoms with E-state index >= 15 is 0 Å². The lowest BCUT2D eigenvalue weighted by Gasteiger charge is -2.11. The van der Waals surface area contributed by atoms with Gasteiger partial charge in [-0.15, -0.1) is 0 Å². The summed E-state index contributed by atoms with van der Waals surface area (Å²) in [5.74, 6) is 0. The van der Waals surface area contributed by atoms with Gasteiger partial charge in [-0.05, 0) is 12.5 Å². The highest BCUT2D eigenvalue weighted by Gasteiger charge is 2.20. The molecule has 25 heavy (non-hydrogen) atoms. The minimum atomic E-state index is -0.329. The molecule has 0 radical (unpaired) electrons. The molecule has 0 amide bonds. The summed E-state index contributed by atoms with van der Waals surface area (Å²) in [7, 11) is 4.86. The monoisotopic (exact) mass is 405 g/mol. The topological polar surface area (TPSA) is 58.2 Å². The Bertz CT molecular complexity index is 1050. The highest BCUT2D eigenvalue weighted by Crippen LogP contribution is 2.33. The first-order valence-electron chi connectivity index (χ1n) is 8.00. The van der Waals surface area contributed by atoms with Crippen molar-refractivity contribution in [1.82, 2.24) is 13.7 Å². The van der Waals surface area contributed by atoms with Crippen molar-refractivity contribution in [2.45, 2.75) is 13.0 Å². The van der Waals surface area contributed by atoms with E-state index < -0.39 is 0 Å². The SMILES string of the molecule is COCCCn1cc2c(c1-c1ccccc1Br)c(=O)n(C)c(=O)n2C. The van der Waals surface area contributed by atoms with Gasteiger partial charge in [-0.3, -0.25) is 13.9 Å². The van der Waals surface area contributed by atoms with E-state index in [2.05, 4.69) is 15.9 Å². The average molecular weight is 406 g/mol. The van der Waals surface area contributed by atoms with Crippen LogP contribution in [0.15, 0.2) is 44.5 Å². The summed E-state index contributed by atoms with van der Waals surface area (Å²) in [6.45, 7) is 1.32. The maximum Gasteiger partial charge on any atom is 0.330 e. The third-order valence-corrected chi connectivity index (χ3v) is 5.08. The van der Waals surface area contributed by atoms with E-state index in [1.807, 2.05) is 35.0 Å². The van der Waals surface area contributed by atoms with E-state index in [-0.39, 0.29) is 11.2 Å². The molecule has 0 N–H and O–H groups in total. The molecular formula is C18H20BrN3O3. The lowest BCUT2D eigenvalue weighted by atomic mass is 10.1. The maximum atomic E-state index is 12.8. The second-order valence-corrected chi connectivity index (χ2v) is 6.82. The molecule has 0 aliphatic heterocycles. The molecule has 3 rings (SSSR count). The van der Waals surface area contributed by atoms with Crippen LogP contribution in [0.25, 0.3) is 22.2 Å². The fourth-order valence-electron chi connectivity index (χ4n) is 3.09. The van der Waals surface area contributed by atoms with Crippen LogP contribution in [0.1, 0.15) is 6.42 Å². The van der Waals surface area contributed by atoms with Crippen LogP contribution < -0.4 is 11.2 Å². The van der Waals surface area contributed by atoms with Crippen molar-refractivity contribution in [3.05, 3.63) is 55.8 Å². The van der Waals surface area contributed by atoms with Crippen LogP contribution >= 0.6 is 15.9 Å². The molecule has 0 spiro atoms. The lowest BCUT2D eigenvalue weighted by molar-refractivity contribution is 0.190. The molecular weight excluding hydrogens is 386 g/mol. The molecule has 0 saturated heterocycles. The molecule has 0 fully saturated rings. The number of hydrogen-bond acceptors (Lipinski definition) is 3. The predicted molar refractivity (Wildman–Crippen MR) is 102 cm³/mol. The highest BCUT2D eigenvalue weighted by molar-refractivity contribution is 9.10. The van der Waals surface area contributed by atoms with E-state index in [9.17, 15) is 9.59 Å². The standard InChI is InChI=1S/C18H20BrN3O3/c1-20-14-11-22(9-6-10-25-3)16(12-7-4-5-8-13(12)19)15(14)17(23)21(2)18(20)24/h4-5,7-8,11H,6,9-10H2,1-3H3. The van der Waals surface area contributed by atoms with E-state index in [1.54, 1.807) is 14.2 Å². The molecule has 2 heterocycles. The number of fused-ring (bicyclic) bond motifs is 1. The minimum Gasteiger partial charge on any atom is -0.385 e. The molecule has 0 atom stereocenters. The van der Waals surface area contributed by atoms with E-state index in [0.717, 1.165) is 26.7 Å². The Kier molecular flexibility index (Phi) is 4.96. The number of halogens is 1. The van der Waals surface area contributed by atoms with Crippen LogP contribution in [0.2, 0.25) is 0 Å². The number of methoxy groups -OCH3 is 1. The Morgan fingerprint density at radius 1 is 1.12 bits per heavy atom. The van der Waals surface area contributed by atoms with Gasteiger partial charge in [-0.25, -0.2) is 4.79 Å². The van der Waals surface area contributed by atoms with Crippen molar-refractivity contribution in [2.75, 3.05) is 13.7 Å². The Labute approximate surface area is 153 Å². The largest absolute Gasteiger partial charge is 0.385 e. The number of rotatable bonds is 5. The van der Waals surface area contributed by atoms with Gasteiger partial charge in [0.05, 0.1) is 16.6 Å². The molecule has 1 aromatic carbocycles. The summed E-state index contributed by atoms with van der Waals surface area (Å²) in [4.78, 5) is 25.1. The molecule has 0 bridgehead atoms. The second kappa shape index (κ2) is 7.01. The van der Waals surface area contributed by atoms with Crippen molar-refractivity contribution >= 4 is 26.8 Å². The van der Waals surface area contributed by atoms with Crippen molar-refractivity contribution < 1.29 is 4.74 Å². The third kappa shape index (κ3) is 2.98. The third-order valence-electron chi connectivity index (χ3n) is 4.39. The van der Waals surface area contributed by atoms with Gasteiger partial charge in [0.25, 0.3) is 5.56 Å². The van der Waals surface area contributed by atoms with Gasteiger partial charge in [0.1, 0.15) is 0 Å². The quantitative estimate of drug-likeness (QED) is 0.612. The Hall–Kier alpha value is -2.12. The van der Waals surface area contributed by atoms with Gasteiger partial charge in [-0.2, -0.15) is 0 Å². The van der Waals surface area contributed by atoms with Gasteiger partial charge >= 0.3 is 5.69 Å².